The number of nitrogens with one attached hydrogen (secondary N) is 1. The number of nitrogens with two attached hydrogens (primary N) is 1. The average molecular weight is 310 g/mol. The quantitative estimate of drug-likeness (QED) is 0.871. The summed E-state index contributed by atoms with van der Waals surface area (Å²) in [4.78, 5) is 27.7. The van der Waals surface area contributed by atoms with Gasteiger partial charge in [0, 0.05) is 6.20 Å². The van der Waals surface area contributed by atoms with E-state index in [0.717, 1.165) is 0 Å². The maximum Gasteiger partial charge on any atom is 0.269 e. The van der Waals surface area contributed by atoms with Crippen LogP contribution in [0.3, 0.4) is 0 Å². The van der Waals surface area contributed by atoms with Crippen LogP contribution in [0.15, 0.2) is 36.5 Å². The van der Waals surface area contributed by atoms with Crippen LogP contribution in [0.5, 0.6) is 5.75 Å². The van der Waals surface area contributed by atoms with Crippen molar-refractivity contribution in [2.45, 2.75) is 6.92 Å². The molecule has 0 unspecified atom stereocenters. The molecule has 23 heavy (non-hydrogen) atoms. The molecule has 0 atom stereocenters. The first-order chi connectivity index (χ1) is 11.1. The van der Waals surface area contributed by atoms with Gasteiger partial charge in [-0.25, -0.2) is 4.98 Å². The van der Waals surface area contributed by atoms with Crippen molar-refractivity contribution in [2.75, 3.05) is 11.9 Å². The van der Waals surface area contributed by atoms with Gasteiger partial charge in [0.15, 0.2) is 5.69 Å². The molecule has 0 aliphatic rings. The SMILES string of the molecule is CCOc1ccccc1C(=O)Nc1c(C#N)ccnc1C(N)=O. The molecule has 7 nitrogen and oxygen atoms in total. The van der Waals surface area contributed by atoms with Gasteiger partial charge in [-0.15, -0.1) is 0 Å². The molecule has 7 heteroatoms. The number of rotatable bonds is 5. The number of benzene rings is 1. The molecule has 2 rings (SSSR count). The van der Waals surface area contributed by atoms with E-state index in [9.17, 15) is 9.59 Å². The van der Waals surface area contributed by atoms with E-state index in [-0.39, 0.29) is 22.5 Å². The minimum absolute atomic E-state index is 0.0150. The number of carbonyl (C=O) groups excluding carboxylic acids is 2. The van der Waals surface area contributed by atoms with Gasteiger partial charge in [-0.05, 0) is 25.1 Å². The zero-order valence-electron chi connectivity index (χ0n) is 12.4. The van der Waals surface area contributed by atoms with E-state index in [4.69, 9.17) is 15.7 Å². The largest absolute Gasteiger partial charge is 0.493 e. The lowest BCUT2D eigenvalue weighted by Gasteiger charge is -2.12. The number of aromatic nitrogens is 1. The Morgan fingerprint density at radius 2 is 2.09 bits per heavy atom. The van der Waals surface area contributed by atoms with Crippen molar-refractivity contribution in [1.82, 2.24) is 4.98 Å². The molecule has 2 aromatic rings. The number of pyridine rings is 1. The minimum Gasteiger partial charge on any atom is -0.493 e. The molecular formula is C16H14N4O3. The Kier molecular flexibility index (Phi) is 4.89. The standard InChI is InChI=1S/C16H14N4O3/c1-2-23-12-6-4-3-5-11(12)16(22)20-13-10(9-17)7-8-19-14(13)15(18)21/h3-8H,2H2,1H3,(H2,18,21)(H,20,22). The smallest absolute Gasteiger partial charge is 0.269 e. The Hall–Kier alpha value is -3.40. The number of nitrogens with zero attached hydrogens (tertiary/aromatic N) is 2. The number of nitriles is 1. The third-order valence-electron chi connectivity index (χ3n) is 2.97. The van der Waals surface area contributed by atoms with Crippen LogP contribution in [0.1, 0.15) is 33.3 Å². The monoisotopic (exact) mass is 310 g/mol. The predicted molar refractivity (Wildman–Crippen MR) is 83.0 cm³/mol. The van der Waals surface area contributed by atoms with Gasteiger partial charge in [0.1, 0.15) is 11.8 Å². The summed E-state index contributed by atoms with van der Waals surface area (Å²) in [7, 11) is 0. The average Bonchev–Trinajstić information content (AvgIpc) is 2.55. The van der Waals surface area contributed by atoms with Crippen molar-refractivity contribution in [1.29, 1.82) is 5.26 Å². The van der Waals surface area contributed by atoms with Crippen LogP contribution in [0.2, 0.25) is 0 Å². The summed E-state index contributed by atoms with van der Waals surface area (Å²) in [6.45, 7) is 2.20. The number of primary amides is 1. The summed E-state index contributed by atoms with van der Waals surface area (Å²) < 4.78 is 5.40. The van der Waals surface area contributed by atoms with Gasteiger partial charge < -0.3 is 15.8 Å². The number of hydrogen-bond donors (Lipinski definition) is 2. The molecule has 0 saturated heterocycles. The Bertz CT molecular complexity index is 796. The molecule has 2 amide bonds. The summed E-state index contributed by atoms with van der Waals surface area (Å²) in [6, 6.07) is 9.93. The molecule has 116 valence electrons. The predicted octanol–water partition coefficient (Wildman–Crippen LogP) is 1.70. The van der Waals surface area contributed by atoms with Crippen molar-refractivity contribution in [3.8, 4) is 11.8 Å². The Morgan fingerprint density at radius 3 is 2.74 bits per heavy atom. The molecule has 0 fully saturated rings. The molecule has 3 N–H and O–H groups in total. The van der Waals surface area contributed by atoms with E-state index in [2.05, 4.69) is 10.3 Å². The zero-order valence-corrected chi connectivity index (χ0v) is 12.4. The first-order valence-corrected chi connectivity index (χ1v) is 6.80. The number of para-hydroxylation sites is 1. The molecule has 1 heterocycles. The van der Waals surface area contributed by atoms with E-state index in [0.29, 0.717) is 12.4 Å². The van der Waals surface area contributed by atoms with E-state index in [1.54, 1.807) is 31.2 Å². The van der Waals surface area contributed by atoms with Crippen LogP contribution in [-0.4, -0.2) is 23.4 Å². The van der Waals surface area contributed by atoms with Gasteiger partial charge in [-0.2, -0.15) is 5.26 Å². The third kappa shape index (κ3) is 3.44. The second-order valence-corrected chi connectivity index (χ2v) is 4.44. The van der Waals surface area contributed by atoms with E-state index in [1.807, 2.05) is 6.07 Å². The summed E-state index contributed by atoms with van der Waals surface area (Å²) in [6.07, 6.45) is 1.28. The number of hydrogen-bond acceptors (Lipinski definition) is 5. The summed E-state index contributed by atoms with van der Waals surface area (Å²) >= 11 is 0. The molecule has 0 bridgehead atoms. The highest BCUT2D eigenvalue weighted by molar-refractivity contribution is 6.10. The van der Waals surface area contributed by atoms with E-state index in [1.165, 1.54) is 12.3 Å². The highest BCUT2D eigenvalue weighted by Crippen LogP contribution is 2.23. The highest BCUT2D eigenvalue weighted by atomic mass is 16.5. The number of carbonyl (C=O) groups is 2. The van der Waals surface area contributed by atoms with Crippen molar-refractivity contribution in [3.63, 3.8) is 0 Å². The maximum absolute atomic E-state index is 12.5. The maximum atomic E-state index is 12.5. The molecule has 1 aromatic carbocycles. The second kappa shape index (κ2) is 7.04. The topological polar surface area (TPSA) is 118 Å². The summed E-state index contributed by atoms with van der Waals surface area (Å²) in [5.74, 6) is -0.966. The van der Waals surface area contributed by atoms with Gasteiger partial charge in [-0.3, -0.25) is 9.59 Å². The van der Waals surface area contributed by atoms with Gasteiger partial charge in [0.05, 0.1) is 23.4 Å². The van der Waals surface area contributed by atoms with Crippen LogP contribution in [-0.2, 0) is 0 Å². The summed E-state index contributed by atoms with van der Waals surface area (Å²) in [5.41, 5.74) is 5.42. The zero-order chi connectivity index (χ0) is 16.8. The van der Waals surface area contributed by atoms with Crippen LogP contribution in [0.25, 0.3) is 0 Å². The third-order valence-corrected chi connectivity index (χ3v) is 2.97. The Balaban J connectivity index is 2.42. The van der Waals surface area contributed by atoms with Crippen molar-refractivity contribution in [3.05, 3.63) is 53.3 Å². The molecule has 0 spiro atoms. The molecule has 0 aliphatic carbocycles. The number of amides is 2. The van der Waals surface area contributed by atoms with Gasteiger partial charge >= 0.3 is 0 Å². The lowest BCUT2D eigenvalue weighted by atomic mass is 10.1. The molecule has 0 aliphatic heterocycles. The van der Waals surface area contributed by atoms with Crippen LogP contribution < -0.4 is 15.8 Å². The normalized spacial score (nSPS) is 9.74. The second-order valence-electron chi connectivity index (χ2n) is 4.44. The van der Waals surface area contributed by atoms with Crippen LogP contribution >= 0.6 is 0 Å². The first-order valence-electron chi connectivity index (χ1n) is 6.80. The Labute approximate surface area is 132 Å². The fourth-order valence-corrected chi connectivity index (χ4v) is 1.98. The molecular weight excluding hydrogens is 296 g/mol. The van der Waals surface area contributed by atoms with Crippen molar-refractivity contribution < 1.29 is 14.3 Å². The highest BCUT2D eigenvalue weighted by Gasteiger charge is 2.19. The van der Waals surface area contributed by atoms with Crippen molar-refractivity contribution in [2.24, 2.45) is 5.73 Å². The minimum atomic E-state index is -0.838. The van der Waals surface area contributed by atoms with E-state index < -0.39 is 11.8 Å². The first kappa shape index (κ1) is 16.0. The lowest BCUT2D eigenvalue weighted by molar-refractivity contribution is 0.0996. The number of ether oxygens (including phenoxy) is 1. The van der Waals surface area contributed by atoms with Gasteiger partial charge in [0.2, 0.25) is 0 Å². The molecule has 1 aromatic heterocycles. The van der Waals surface area contributed by atoms with Gasteiger partial charge in [-0.1, -0.05) is 12.1 Å². The molecule has 0 saturated carbocycles. The summed E-state index contributed by atoms with van der Waals surface area (Å²) in [5, 5.41) is 11.7. The van der Waals surface area contributed by atoms with Crippen LogP contribution in [0.4, 0.5) is 5.69 Å². The van der Waals surface area contributed by atoms with Crippen molar-refractivity contribution >= 4 is 17.5 Å². The Morgan fingerprint density at radius 1 is 1.35 bits per heavy atom. The number of anilines is 1. The van der Waals surface area contributed by atoms with Gasteiger partial charge in [0.25, 0.3) is 11.8 Å². The fraction of sp³-hybridized carbons (Fsp3) is 0.125. The van der Waals surface area contributed by atoms with Crippen LogP contribution in [0, 0.1) is 11.3 Å². The van der Waals surface area contributed by atoms with E-state index >= 15 is 0 Å². The molecule has 0 radical (unpaired) electrons. The lowest BCUT2D eigenvalue weighted by Crippen LogP contribution is -2.21. The fourth-order valence-electron chi connectivity index (χ4n) is 1.98.